The van der Waals surface area contributed by atoms with Crippen molar-refractivity contribution in [3.8, 4) is 0 Å². The first-order valence-electron chi connectivity index (χ1n) is 7.48. The van der Waals surface area contributed by atoms with E-state index in [0.717, 1.165) is 30.0 Å². The lowest BCUT2D eigenvalue weighted by Gasteiger charge is -2.27. The van der Waals surface area contributed by atoms with Gasteiger partial charge in [-0.25, -0.2) is 4.98 Å². The average Bonchev–Trinajstić information content (AvgIpc) is 3.19. The van der Waals surface area contributed by atoms with E-state index in [1.807, 2.05) is 0 Å². The Morgan fingerprint density at radius 2 is 2.05 bits per heavy atom. The first-order valence-corrected chi connectivity index (χ1v) is 7.48. The standard InChI is InChI=1S/C16H27N3/c1-12(2)10-13(3)19(4)16-7-5-6-15(18-16)11-17-14-8-9-14/h5-7,12-14,17H,8-11H2,1-4H3. The highest BCUT2D eigenvalue weighted by Crippen LogP contribution is 2.20. The Bertz CT molecular complexity index is 399. The van der Waals surface area contributed by atoms with Gasteiger partial charge in [0, 0.05) is 25.7 Å². The fraction of sp³-hybridized carbons (Fsp3) is 0.688. The summed E-state index contributed by atoms with van der Waals surface area (Å²) in [5.41, 5.74) is 1.15. The van der Waals surface area contributed by atoms with E-state index in [0.29, 0.717) is 6.04 Å². The number of nitrogens with one attached hydrogen (secondary N) is 1. The third-order valence-electron chi connectivity index (χ3n) is 3.78. The number of pyridine rings is 1. The SMILES string of the molecule is CC(C)CC(C)N(C)c1cccc(CNC2CC2)n1. The zero-order valence-electron chi connectivity index (χ0n) is 12.7. The largest absolute Gasteiger partial charge is 0.357 e. The minimum Gasteiger partial charge on any atom is -0.357 e. The molecule has 0 radical (unpaired) electrons. The molecule has 0 amide bonds. The van der Waals surface area contributed by atoms with Crippen LogP contribution in [0.1, 0.15) is 45.7 Å². The summed E-state index contributed by atoms with van der Waals surface area (Å²) in [6.07, 6.45) is 3.85. The van der Waals surface area contributed by atoms with E-state index in [-0.39, 0.29) is 0 Å². The van der Waals surface area contributed by atoms with Crippen molar-refractivity contribution in [1.29, 1.82) is 0 Å². The zero-order valence-corrected chi connectivity index (χ0v) is 12.7. The van der Waals surface area contributed by atoms with Crippen LogP contribution in [0.4, 0.5) is 5.82 Å². The summed E-state index contributed by atoms with van der Waals surface area (Å²) in [5, 5.41) is 3.52. The molecule has 106 valence electrons. The highest BCUT2D eigenvalue weighted by Gasteiger charge is 2.20. The van der Waals surface area contributed by atoms with Crippen LogP contribution in [0, 0.1) is 5.92 Å². The Labute approximate surface area is 117 Å². The highest BCUT2D eigenvalue weighted by molar-refractivity contribution is 5.39. The van der Waals surface area contributed by atoms with Crippen molar-refractivity contribution in [2.75, 3.05) is 11.9 Å². The van der Waals surface area contributed by atoms with E-state index in [1.165, 1.54) is 19.3 Å². The fourth-order valence-corrected chi connectivity index (χ4v) is 2.36. The van der Waals surface area contributed by atoms with Gasteiger partial charge in [-0.1, -0.05) is 19.9 Å². The Hall–Kier alpha value is -1.09. The van der Waals surface area contributed by atoms with Crippen molar-refractivity contribution in [2.24, 2.45) is 5.92 Å². The van der Waals surface area contributed by atoms with E-state index in [2.05, 4.69) is 56.2 Å². The first-order chi connectivity index (χ1) is 9.06. The Balaban J connectivity index is 1.95. The molecule has 1 saturated carbocycles. The fourth-order valence-electron chi connectivity index (χ4n) is 2.36. The van der Waals surface area contributed by atoms with Gasteiger partial charge in [0.05, 0.1) is 5.69 Å². The van der Waals surface area contributed by atoms with Crippen LogP contribution < -0.4 is 10.2 Å². The zero-order chi connectivity index (χ0) is 13.8. The molecule has 1 heterocycles. The maximum atomic E-state index is 4.76. The summed E-state index contributed by atoms with van der Waals surface area (Å²) in [6.45, 7) is 7.71. The van der Waals surface area contributed by atoms with Gasteiger partial charge in [0.25, 0.3) is 0 Å². The number of hydrogen-bond acceptors (Lipinski definition) is 3. The molecule has 0 saturated heterocycles. The molecule has 1 aliphatic rings. The van der Waals surface area contributed by atoms with Gasteiger partial charge >= 0.3 is 0 Å². The second-order valence-corrected chi connectivity index (χ2v) is 6.23. The smallest absolute Gasteiger partial charge is 0.128 e. The maximum Gasteiger partial charge on any atom is 0.128 e. The van der Waals surface area contributed by atoms with Gasteiger partial charge in [-0.3, -0.25) is 0 Å². The molecule has 0 aliphatic heterocycles. The lowest BCUT2D eigenvalue weighted by Crippen LogP contribution is -2.31. The second kappa shape index (κ2) is 6.38. The number of hydrogen-bond donors (Lipinski definition) is 1. The van der Waals surface area contributed by atoms with E-state index in [9.17, 15) is 0 Å². The van der Waals surface area contributed by atoms with Gasteiger partial charge in [-0.2, -0.15) is 0 Å². The van der Waals surface area contributed by atoms with E-state index in [1.54, 1.807) is 0 Å². The third kappa shape index (κ3) is 4.50. The van der Waals surface area contributed by atoms with E-state index < -0.39 is 0 Å². The molecule has 0 aromatic carbocycles. The van der Waals surface area contributed by atoms with Gasteiger partial charge in [-0.05, 0) is 44.2 Å². The van der Waals surface area contributed by atoms with Gasteiger partial charge in [-0.15, -0.1) is 0 Å². The van der Waals surface area contributed by atoms with Crippen LogP contribution in [-0.2, 0) is 6.54 Å². The Kier molecular flexibility index (Phi) is 4.81. The monoisotopic (exact) mass is 261 g/mol. The lowest BCUT2D eigenvalue weighted by atomic mass is 10.0. The molecule has 1 aliphatic carbocycles. The predicted octanol–water partition coefficient (Wildman–Crippen LogP) is 3.20. The molecule has 1 N–H and O–H groups in total. The summed E-state index contributed by atoms with van der Waals surface area (Å²) < 4.78 is 0. The summed E-state index contributed by atoms with van der Waals surface area (Å²) >= 11 is 0. The maximum absolute atomic E-state index is 4.76. The second-order valence-electron chi connectivity index (χ2n) is 6.23. The van der Waals surface area contributed by atoms with Crippen LogP contribution in [0.25, 0.3) is 0 Å². The normalized spacial score (nSPS) is 16.7. The van der Waals surface area contributed by atoms with Gasteiger partial charge in [0.1, 0.15) is 5.82 Å². The molecule has 1 atom stereocenters. The van der Waals surface area contributed by atoms with Crippen LogP contribution in [0.15, 0.2) is 18.2 Å². The minimum atomic E-state index is 0.527. The molecule has 2 rings (SSSR count). The van der Waals surface area contributed by atoms with Crippen LogP contribution in [0.3, 0.4) is 0 Å². The molecule has 19 heavy (non-hydrogen) atoms. The molecule has 1 fully saturated rings. The number of aromatic nitrogens is 1. The summed E-state index contributed by atoms with van der Waals surface area (Å²) in [4.78, 5) is 7.06. The molecule has 0 bridgehead atoms. The Morgan fingerprint density at radius 3 is 2.68 bits per heavy atom. The van der Waals surface area contributed by atoms with Crippen molar-refractivity contribution in [1.82, 2.24) is 10.3 Å². The third-order valence-corrected chi connectivity index (χ3v) is 3.78. The molecule has 3 nitrogen and oxygen atoms in total. The van der Waals surface area contributed by atoms with Gasteiger partial charge in [0.2, 0.25) is 0 Å². The van der Waals surface area contributed by atoms with E-state index >= 15 is 0 Å². The van der Waals surface area contributed by atoms with Crippen LogP contribution in [0.5, 0.6) is 0 Å². The first kappa shape index (κ1) is 14.3. The number of rotatable bonds is 7. The van der Waals surface area contributed by atoms with Gasteiger partial charge < -0.3 is 10.2 Å². The summed E-state index contributed by atoms with van der Waals surface area (Å²) in [5.74, 6) is 1.81. The molecular formula is C16H27N3. The van der Waals surface area contributed by atoms with Crippen molar-refractivity contribution >= 4 is 5.82 Å². The van der Waals surface area contributed by atoms with E-state index in [4.69, 9.17) is 4.98 Å². The quantitative estimate of drug-likeness (QED) is 0.817. The van der Waals surface area contributed by atoms with Crippen molar-refractivity contribution in [3.05, 3.63) is 23.9 Å². The predicted molar refractivity (Wildman–Crippen MR) is 81.4 cm³/mol. The van der Waals surface area contributed by atoms with Gasteiger partial charge in [0.15, 0.2) is 0 Å². The molecule has 1 unspecified atom stereocenters. The minimum absolute atomic E-state index is 0.527. The molecular weight excluding hydrogens is 234 g/mol. The molecule has 1 aromatic heterocycles. The van der Waals surface area contributed by atoms with Crippen LogP contribution in [-0.4, -0.2) is 24.1 Å². The molecule has 1 aromatic rings. The van der Waals surface area contributed by atoms with Crippen LogP contribution in [0.2, 0.25) is 0 Å². The average molecular weight is 261 g/mol. The lowest BCUT2D eigenvalue weighted by molar-refractivity contribution is 0.501. The summed E-state index contributed by atoms with van der Waals surface area (Å²) in [6, 6.07) is 7.60. The Morgan fingerprint density at radius 1 is 1.32 bits per heavy atom. The molecule has 0 spiro atoms. The number of anilines is 1. The highest BCUT2D eigenvalue weighted by atomic mass is 15.2. The summed E-state index contributed by atoms with van der Waals surface area (Å²) in [7, 11) is 2.15. The van der Waals surface area contributed by atoms with Crippen LogP contribution >= 0.6 is 0 Å². The van der Waals surface area contributed by atoms with Crippen molar-refractivity contribution in [3.63, 3.8) is 0 Å². The van der Waals surface area contributed by atoms with Crippen molar-refractivity contribution < 1.29 is 0 Å². The number of nitrogens with zero attached hydrogens (tertiary/aromatic N) is 2. The van der Waals surface area contributed by atoms with Crippen molar-refractivity contribution in [2.45, 2.75) is 58.7 Å². The topological polar surface area (TPSA) is 28.2 Å². The molecule has 3 heteroatoms.